The molecule has 0 bridgehead atoms. The van der Waals surface area contributed by atoms with Gasteiger partial charge in [-0.3, -0.25) is 9.69 Å². The van der Waals surface area contributed by atoms with E-state index in [0.717, 1.165) is 11.1 Å². The Bertz CT molecular complexity index is 1070. The first-order valence-electron chi connectivity index (χ1n) is 12.4. The van der Waals surface area contributed by atoms with Crippen LogP contribution in [0.4, 0.5) is 4.79 Å². The van der Waals surface area contributed by atoms with E-state index in [1.807, 2.05) is 67.6 Å². The zero-order chi connectivity index (χ0) is 25.6. The van der Waals surface area contributed by atoms with Gasteiger partial charge in [0, 0.05) is 6.61 Å². The quantitative estimate of drug-likeness (QED) is 0.437. The predicted octanol–water partition coefficient (Wildman–Crippen LogP) is 6.06. The lowest BCUT2D eigenvalue weighted by Crippen LogP contribution is -2.78. The molecule has 1 aliphatic heterocycles. The van der Waals surface area contributed by atoms with Gasteiger partial charge in [0.2, 0.25) is 0 Å². The monoisotopic (exact) mass is 495 g/mol. The van der Waals surface area contributed by atoms with Crippen molar-refractivity contribution in [2.75, 3.05) is 6.61 Å². The maximum atomic E-state index is 13.6. The summed E-state index contributed by atoms with van der Waals surface area (Å²) >= 11 is 0. The van der Waals surface area contributed by atoms with Crippen LogP contribution < -0.4 is 0 Å². The molecule has 0 unspecified atom stereocenters. The SMILES string of the molecule is CCO[C@]1(C)C(=O)[C@H](O[Si](C)(C)C(C)(C)C)[C@H]1N1C(=O)O[C@@H](c2ccccc2)[C@H]1c1ccccc1. The van der Waals surface area contributed by atoms with Crippen LogP contribution in [0.2, 0.25) is 18.1 Å². The number of benzene rings is 2. The first-order valence-corrected chi connectivity index (χ1v) is 15.3. The van der Waals surface area contributed by atoms with Crippen LogP contribution in [-0.2, 0) is 18.7 Å². The van der Waals surface area contributed by atoms with Gasteiger partial charge in [0.1, 0.15) is 23.8 Å². The van der Waals surface area contributed by atoms with Gasteiger partial charge in [-0.05, 0) is 43.1 Å². The number of ketones is 1. The maximum absolute atomic E-state index is 13.6. The topological polar surface area (TPSA) is 65.1 Å². The van der Waals surface area contributed by atoms with E-state index in [-0.39, 0.29) is 10.8 Å². The van der Waals surface area contributed by atoms with Crippen LogP contribution in [0.3, 0.4) is 0 Å². The van der Waals surface area contributed by atoms with Gasteiger partial charge < -0.3 is 13.9 Å². The number of carbonyl (C=O) groups excluding carboxylic acids is 2. The van der Waals surface area contributed by atoms with Crippen LogP contribution in [0.1, 0.15) is 57.9 Å². The summed E-state index contributed by atoms with van der Waals surface area (Å²) in [6.07, 6.45) is -1.73. The Morgan fingerprint density at radius 3 is 2.03 bits per heavy atom. The molecular formula is C28H37NO5Si. The number of hydrogen-bond acceptors (Lipinski definition) is 5. The lowest BCUT2D eigenvalue weighted by atomic mass is 9.70. The number of nitrogens with zero attached hydrogens (tertiary/aromatic N) is 1. The molecule has 0 aromatic heterocycles. The van der Waals surface area contributed by atoms with Gasteiger partial charge in [-0.2, -0.15) is 0 Å². The predicted molar refractivity (Wildman–Crippen MR) is 138 cm³/mol. The van der Waals surface area contributed by atoms with E-state index in [2.05, 4.69) is 33.9 Å². The summed E-state index contributed by atoms with van der Waals surface area (Å²) in [5.74, 6) is -0.114. The first kappa shape index (κ1) is 25.6. The third-order valence-corrected chi connectivity index (χ3v) is 12.3. The van der Waals surface area contributed by atoms with E-state index >= 15 is 0 Å². The fourth-order valence-electron chi connectivity index (χ4n) is 4.90. The van der Waals surface area contributed by atoms with Crippen molar-refractivity contribution in [3.63, 3.8) is 0 Å². The molecule has 6 nitrogen and oxygen atoms in total. The average molecular weight is 496 g/mol. The Kier molecular flexibility index (Phi) is 6.72. The summed E-state index contributed by atoms with van der Waals surface area (Å²) in [6.45, 7) is 14.7. The van der Waals surface area contributed by atoms with Gasteiger partial charge >= 0.3 is 6.09 Å². The van der Waals surface area contributed by atoms with Crippen molar-refractivity contribution in [2.45, 2.75) is 82.6 Å². The van der Waals surface area contributed by atoms with Gasteiger partial charge in [0.25, 0.3) is 0 Å². The van der Waals surface area contributed by atoms with Crippen molar-refractivity contribution in [3.8, 4) is 0 Å². The van der Waals surface area contributed by atoms with Crippen molar-refractivity contribution in [3.05, 3.63) is 71.8 Å². The molecule has 1 amide bonds. The Morgan fingerprint density at radius 2 is 1.51 bits per heavy atom. The second-order valence-corrected chi connectivity index (χ2v) is 15.9. The van der Waals surface area contributed by atoms with Crippen LogP contribution in [0.25, 0.3) is 0 Å². The van der Waals surface area contributed by atoms with Crippen molar-refractivity contribution in [1.29, 1.82) is 0 Å². The highest BCUT2D eigenvalue weighted by molar-refractivity contribution is 6.74. The zero-order valence-corrected chi connectivity index (χ0v) is 22.8. The highest BCUT2D eigenvalue weighted by Crippen LogP contribution is 2.51. The standard InChI is InChI=1S/C28H37NO5Si/c1-8-32-28(5)24(23(25(28)30)34-35(6,7)27(2,3)4)29-21(19-15-11-9-12-16-19)22(33-26(29)31)20-17-13-10-14-18-20/h9-18,21-24H,8H2,1-7H3/t21-,22+,23-,24-,28+/m1/s1. The molecule has 2 aliphatic rings. The van der Waals surface area contributed by atoms with E-state index < -0.39 is 44.3 Å². The van der Waals surface area contributed by atoms with Crippen LogP contribution >= 0.6 is 0 Å². The third kappa shape index (κ3) is 4.34. The van der Waals surface area contributed by atoms with Gasteiger partial charge in [-0.15, -0.1) is 0 Å². The van der Waals surface area contributed by atoms with Gasteiger partial charge in [0.15, 0.2) is 20.2 Å². The largest absolute Gasteiger partial charge is 0.439 e. The molecule has 188 valence electrons. The fourth-order valence-corrected chi connectivity index (χ4v) is 6.13. The number of carbonyl (C=O) groups is 2. The number of ether oxygens (including phenoxy) is 2. The Morgan fingerprint density at radius 1 is 0.971 bits per heavy atom. The average Bonchev–Trinajstić information content (AvgIpc) is 3.15. The lowest BCUT2D eigenvalue weighted by Gasteiger charge is -2.56. The van der Waals surface area contributed by atoms with Crippen molar-refractivity contribution >= 4 is 20.2 Å². The molecule has 1 heterocycles. The number of hydrogen-bond donors (Lipinski definition) is 0. The summed E-state index contributed by atoms with van der Waals surface area (Å²) in [6, 6.07) is 18.6. The maximum Gasteiger partial charge on any atom is 0.411 e. The molecule has 1 saturated heterocycles. The minimum atomic E-state index is -2.32. The van der Waals surface area contributed by atoms with Gasteiger partial charge in [0.05, 0.1) is 0 Å². The van der Waals surface area contributed by atoms with E-state index in [1.165, 1.54) is 0 Å². The Labute approximate surface area is 209 Å². The zero-order valence-electron chi connectivity index (χ0n) is 21.8. The molecule has 7 heteroatoms. The van der Waals surface area contributed by atoms with Gasteiger partial charge in [-0.1, -0.05) is 81.4 Å². The number of rotatable bonds is 7. The molecular weight excluding hydrogens is 458 g/mol. The summed E-state index contributed by atoms with van der Waals surface area (Å²) < 4.78 is 18.7. The molecule has 35 heavy (non-hydrogen) atoms. The molecule has 2 fully saturated rings. The third-order valence-electron chi connectivity index (χ3n) is 7.86. The normalized spacial score (nSPS) is 29.2. The van der Waals surface area contributed by atoms with E-state index in [4.69, 9.17) is 13.9 Å². The van der Waals surface area contributed by atoms with Crippen molar-refractivity contribution < 1.29 is 23.5 Å². The van der Waals surface area contributed by atoms with Crippen LogP contribution in [0.15, 0.2) is 60.7 Å². The molecule has 2 aromatic carbocycles. The summed E-state index contributed by atoms with van der Waals surface area (Å²) in [4.78, 5) is 28.8. The summed E-state index contributed by atoms with van der Waals surface area (Å²) in [7, 11) is -2.32. The van der Waals surface area contributed by atoms with Crippen LogP contribution in [0, 0.1) is 0 Å². The summed E-state index contributed by atoms with van der Waals surface area (Å²) in [5, 5.41) is -0.0909. The molecule has 0 spiro atoms. The van der Waals surface area contributed by atoms with Crippen molar-refractivity contribution in [1.82, 2.24) is 4.90 Å². The second-order valence-electron chi connectivity index (χ2n) is 11.1. The molecule has 2 aromatic rings. The number of amides is 1. The number of Topliss-reactive ketones (excluding diaryl/α,β-unsaturated/α-hetero) is 1. The minimum absolute atomic E-state index is 0.0909. The highest BCUT2D eigenvalue weighted by atomic mass is 28.4. The lowest BCUT2D eigenvalue weighted by molar-refractivity contribution is -0.196. The molecule has 0 N–H and O–H groups in total. The smallest absolute Gasteiger partial charge is 0.411 e. The highest BCUT2D eigenvalue weighted by Gasteiger charge is 2.68. The number of cyclic esters (lactones) is 1. The first-order chi connectivity index (χ1) is 16.4. The molecule has 1 saturated carbocycles. The Hall–Kier alpha value is -2.48. The van der Waals surface area contributed by atoms with E-state index in [1.54, 1.807) is 11.8 Å². The van der Waals surface area contributed by atoms with Crippen molar-refractivity contribution in [2.24, 2.45) is 0 Å². The minimum Gasteiger partial charge on any atom is -0.439 e. The molecule has 4 rings (SSSR count). The van der Waals surface area contributed by atoms with Crippen LogP contribution in [0.5, 0.6) is 0 Å². The Balaban J connectivity index is 1.80. The van der Waals surface area contributed by atoms with E-state index in [0.29, 0.717) is 6.61 Å². The van der Waals surface area contributed by atoms with E-state index in [9.17, 15) is 9.59 Å². The molecule has 5 atom stereocenters. The summed E-state index contributed by atoms with van der Waals surface area (Å²) in [5.41, 5.74) is 0.679. The van der Waals surface area contributed by atoms with Crippen LogP contribution in [-0.4, -0.2) is 49.4 Å². The second kappa shape index (κ2) is 9.19. The molecule has 1 aliphatic carbocycles. The molecule has 0 radical (unpaired) electrons. The van der Waals surface area contributed by atoms with Gasteiger partial charge in [-0.25, -0.2) is 4.79 Å². The fraction of sp³-hybridized carbons (Fsp3) is 0.500.